The molecule has 0 fully saturated rings. The fourth-order valence-corrected chi connectivity index (χ4v) is 1.11. The highest BCUT2D eigenvalue weighted by atomic mass is 35.5. The number of nitrogens with one attached hydrogen (secondary N) is 1. The molecule has 0 unspecified atom stereocenters. The lowest BCUT2D eigenvalue weighted by molar-refractivity contribution is -0.305. The van der Waals surface area contributed by atoms with E-state index in [9.17, 15) is 14.7 Å². The Bertz CT molecular complexity index is 361. The first-order chi connectivity index (χ1) is 7.09. The zero-order valence-corrected chi connectivity index (χ0v) is 8.58. The summed E-state index contributed by atoms with van der Waals surface area (Å²) in [6.07, 6.45) is -0.195. The molecule has 4 nitrogen and oxygen atoms in total. The van der Waals surface area contributed by atoms with Crippen molar-refractivity contribution >= 4 is 23.5 Å². The van der Waals surface area contributed by atoms with Crippen molar-refractivity contribution in [1.82, 2.24) is 5.32 Å². The minimum absolute atomic E-state index is 0.0593. The second kappa shape index (κ2) is 5.36. The Morgan fingerprint density at radius 3 is 2.40 bits per heavy atom. The molecular formula is C10H9ClNO3-. The van der Waals surface area contributed by atoms with Crippen molar-refractivity contribution in [1.29, 1.82) is 0 Å². The Kier molecular flexibility index (Phi) is 4.12. The standard InChI is InChI=1S/C10H10ClNO3/c11-8-3-1-7(2-4-8)10(15)12-6-5-9(13)14/h1-4H,5-6H2,(H,12,15)(H,13,14)/p-1. The number of rotatable bonds is 4. The first-order valence-electron chi connectivity index (χ1n) is 4.33. The topological polar surface area (TPSA) is 69.2 Å². The van der Waals surface area contributed by atoms with Crippen LogP contribution in [-0.2, 0) is 4.79 Å². The van der Waals surface area contributed by atoms with Crippen LogP contribution in [0, 0.1) is 0 Å². The lowest BCUT2D eigenvalue weighted by Crippen LogP contribution is -2.30. The number of halogens is 1. The number of carboxylic acid groups (broad SMARTS) is 1. The summed E-state index contributed by atoms with van der Waals surface area (Å²) in [5.74, 6) is -1.51. The van der Waals surface area contributed by atoms with Crippen molar-refractivity contribution in [3.63, 3.8) is 0 Å². The molecule has 1 N–H and O–H groups in total. The fraction of sp³-hybridized carbons (Fsp3) is 0.200. The predicted octanol–water partition coefficient (Wildman–Crippen LogP) is 0.210. The second-order valence-corrected chi connectivity index (χ2v) is 3.32. The number of carboxylic acids is 1. The zero-order chi connectivity index (χ0) is 11.3. The summed E-state index contributed by atoms with van der Waals surface area (Å²) in [6.45, 7) is 0.0593. The molecule has 1 rings (SSSR count). The van der Waals surface area contributed by atoms with Crippen LogP contribution in [0.4, 0.5) is 0 Å². The highest BCUT2D eigenvalue weighted by Gasteiger charge is 2.03. The molecule has 0 aliphatic rings. The number of benzene rings is 1. The van der Waals surface area contributed by atoms with Gasteiger partial charge in [-0.3, -0.25) is 4.79 Å². The predicted molar refractivity (Wildman–Crippen MR) is 53.4 cm³/mol. The molecule has 0 heterocycles. The van der Waals surface area contributed by atoms with Gasteiger partial charge in [0.2, 0.25) is 0 Å². The van der Waals surface area contributed by atoms with Crippen molar-refractivity contribution in [3.05, 3.63) is 34.9 Å². The first-order valence-corrected chi connectivity index (χ1v) is 4.71. The third-order valence-corrected chi connectivity index (χ3v) is 1.97. The minimum Gasteiger partial charge on any atom is -0.550 e. The Morgan fingerprint density at radius 1 is 1.27 bits per heavy atom. The summed E-state index contributed by atoms with van der Waals surface area (Å²) in [4.78, 5) is 21.5. The van der Waals surface area contributed by atoms with Gasteiger partial charge in [-0.1, -0.05) is 11.6 Å². The van der Waals surface area contributed by atoms with Crippen molar-refractivity contribution < 1.29 is 14.7 Å². The van der Waals surface area contributed by atoms with E-state index in [2.05, 4.69) is 5.32 Å². The molecular weight excluding hydrogens is 218 g/mol. The molecule has 0 aromatic heterocycles. The van der Waals surface area contributed by atoms with E-state index >= 15 is 0 Å². The number of hydrogen-bond donors (Lipinski definition) is 1. The molecule has 1 aromatic carbocycles. The molecule has 0 saturated carbocycles. The van der Waals surface area contributed by atoms with Crippen molar-refractivity contribution in [2.45, 2.75) is 6.42 Å². The molecule has 1 aromatic rings. The highest BCUT2D eigenvalue weighted by molar-refractivity contribution is 6.30. The summed E-state index contributed by atoms with van der Waals surface area (Å²) in [5.41, 5.74) is 0.442. The molecule has 15 heavy (non-hydrogen) atoms. The van der Waals surface area contributed by atoms with Crippen molar-refractivity contribution in [2.75, 3.05) is 6.54 Å². The maximum absolute atomic E-state index is 11.4. The van der Waals surface area contributed by atoms with Gasteiger partial charge >= 0.3 is 0 Å². The van der Waals surface area contributed by atoms with Gasteiger partial charge in [0.1, 0.15) is 0 Å². The molecule has 0 radical (unpaired) electrons. The van der Waals surface area contributed by atoms with Gasteiger partial charge in [-0.25, -0.2) is 0 Å². The van der Waals surface area contributed by atoms with Crippen LogP contribution in [0.1, 0.15) is 16.8 Å². The Morgan fingerprint density at radius 2 is 1.87 bits per heavy atom. The monoisotopic (exact) mass is 226 g/mol. The van der Waals surface area contributed by atoms with E-state index in [1.165, 1.54) is 0 Å². The molecule has 80 valence electrons. The van der Waals surface area contributed by atoms with E-state index in [0.29, 0.717) is 10.6 Å². The molecule has 0 aliphatic carbocycles. The number of carbonyl (C=O) groups excluding carboxylic acids is 2. The van der Waals surface area contributed by atoms with E-state index in [0.717, 1.165) is 0 Å². The number of aliphatic carboxylic acids is 1. The highest BCUT2D eigenvalue weighted by Crippen LogP contribution is 2.09. The SMILES string of the molecule is O=C([O-])CCNC(=O)c1ccc(Cl)cc1. The van der Waals surface area contributed by atoms with E-state index in [1.54, 1.807) is 24.3 Å². The molecule has 0 atom stereocenters. The summed E-state index contributed by atoms with van der Waals surface area (Å²) >= 11 is 5.64. The quantitative estimate of drug-likeness (QED) is 0.798. The summed E-state index contributed by atoms with van der Waals surface area (Å²) in [5, 5.41) is 13.1. The molecule has 1 amide bonds. The van der Waals surface area contributed by atoms with Gasteiger partial charge in [-0.05, 0) is 24.3 Å². The average Bonchev–Trinajstić information content (AvgIpc) is 2.18. The Balaban J connectivity index is 2.47. The van der Waals surface area contributed by atoms with Crippen LogP contribution < -0.4 is 10.4 Å². The molecule has 0 bridgehead atoms. The minimum atomic E-state index is -1.19. The first kappa shape index (κ1) is 11.5. The van der Waals surface area contributed by atoms with Crippen LogP contribution in [0.25, 0.3) is 0 Å². The van der Waals surface area contributed by atoms with Crippen LogP contribution in [0.5, 0.6) is 0 Å². The smallest absolute Gasteiger partial charge is 0.251 e. The van der Waals surface area contributed by atoms with E-state index < -0.39 is 5.97 Å². The summed E-state index contributed by atoms with van der Waals surface area (Å²) in [6, 6.07) is 6.32. The van der Waals surface area contributed by atoms with Gasteiger partial charge in [0, 0.05) is 29.5 Å². The third-order valence-electron chi connectivity index (χ3n) is 1.72. The zero-order valence-electron chi connectivity index (χ0n) is 7.83. The fourth-order valence-electron chi connectivity index (χ4n) is 0.981. The van der Waals surface area contributed by atoms with Crippen LogP contribution >= 0.6 is 11.6 Å². The van der Waals surface area contributed by atoms with Gasteiger partial charge in [-0.15, -0.1) is 0 Å². The normalized spacial score (nSPS) is 9.67. The van der Waals surface area contributed by atoms with Crippen LogP contribution in [0.2, 0.25) is 5.02 Å². The number of carbonyl (C=O) groups is 2. The summed E-state index contributed by atoms with van der Waals surface area (Å²) < 4.78 is 0. The van der Waals surface area contributed by atoms with Gasteiger partial charge in [-0.2, -0.15) is 0 Å². The lowest BCUT2D eigenvalue weighted by Gasteiger charge is -2.05. The third kappa shape index (κ3) is 3.99. The Hall–Kier alpha value is -1.55. The molecule has 0 spiro atoms. The lowest BCUT2D eigenvalue weighted by atomic mass is 10.2. The van der Waals surface area contributed by atoms with Crippen molar-refractivity contribution in [2.24, 2.45) is 0 Å². The second-order valence-electron chi connectivity index (χ2n) is 2.88. The van der Waals surface area contributed by atoms with Gasteiger partial charge in [0.05, 0.1) is 0 Å². The molecule has 0 aliphatic heterocycles. The maximum Gasteiger partial charge on any atom is 0.251 e. The Labute approximate surface area is 91.9 Å². The number of amides is 1. The molecule has 5 heteroatoms. The van der Waals surface area contributed by atoms with Crippen LogP contribution in [0.15, 0.2) is 24.3 Å². The van der Waals surface area contributed by atoms with Crippen LogP contribution in [-0.4, -0.2) is 18.4 Å². The summed E-state index contributed by atoms with van der Waals surface area (Å²) in [7, 11) is 0. The van der Waals surface area contributed by atoms with Gasteiger partial charge in [0.15, 0.2) is 0 Å². The van der Waals surface area contributed by atoms with Gasteiger partial charge in [0.25, 0.3) is 5.91 Å². The van der Waals surface area contributed by atoms with Crippen LogP contribution in [0.3, 0.4) is 0 Å². The maximum atomic E-state index is 11.4. The van der Waals surface area contributed by atoms with E-state index in [1.807, 2.05) is 0 Å². The van der Waals surface area contributed by atoms with Crippen molar-refractivity contribution in [3.8, 4) is 0 Å². The van der Waals surface area contributed by atoms with E-state index in [4.69, 9.17) is 11.6 Å². The largest absolute Gasteiger partial charge is 0.550 e. The average molecular weight is 227 g/mol. The molecule has 0 saturated heterocycles. The number of hydrogen-bond acceptors (Lipinski definition) is 3. The van der Waals surface area contributed by atoms with E-state index in [-0.39, 0.29) is 18.9 Å². The van der Waals surface area contributed by atoms with Gasteiger partial charge < -0.3 is 15.2 Å².